The van der Waals surface area contributed by atoms with Gasteiger partial charge >= 0.3 is 0 Å². The van der Waals surface area contributed by atoms with Gasteiger partial charge in [0.2, 0.25) is 0 Å². The van der Waals surface area contributed by atoms with Crippen LogP contribution in [0.2, 0.25) is 0 Å². The summed E-state index contributed by atoms with van der Waals surface area (Å²) < 4.78 is 0.991. The molecule has 3 rings (SSSR count). The third-order valence-corrected chi connectivity index (χ3v) is 5.09. The second-order valence-corrected chi connectivity index (χ2v) is 6.93. The number of H-pyrrole nitrogens is 1. The minimum atomic E-state index is -0.0895. The van der Waals surface area contributed by atoms with Gasteiger partial charge in [-0.25, -0.2) is 9.97 Å². The van der Waals surface area contributed by atoms with E-state index in [0.717, 1.165) is 15.6 Å². The number of aromatic nitrogens is 3. The number of aromatic amines is 1. The van der Waals surface area contributed by atoms with Gasteiger partial charge in [-0.2, -0.15) is 0 Å². The standard InChI is InChI=1S/C14H13N3OS2/c1-8-7-19-14(15-8)20-9(2)12-16-11-6-4-3-5-10(11)13(18)17-12/h3-7,9H,1-2H3,(H,16,17,18)/t9-/m0/s1. The van der Waals surface area contributed by atoms with Crippen molar-refractivity contribution in [3.63, 3.8) is 0 Å². The molecule has 0 saturated carbocycles. The highest BCUT2D eigenvalue weighted by atomic mass is 32.2. The minimum absolute atomic E-state index is 0.0536. The highest BCUT2D eigenvalue weighted by Crippen LogP contribution is 2.34. The van der Waals surface area contributed by atoms with Gasteiger partial charge in [0.1, 0.15) is 5.82 Å². The summed E-state index contributed by atoms with van der Waals surface area (Å²) in [6.07, 6.45) is 0. The van der Waals surface area contributed by atoms with Crippen LogP contribution in [0.25, 0.3) is 10.9 Å². The van der Waals surface area contributed by atoms with Gasteiger partial charge in [0, 0.05) is 11.1 Å². The summed E-state index contributed by atoms with van der Waals surface area (Å²) in [7, 11) is 0. The van der Waals surface area contributed by atoms with E-state index in [9.17, 15) is 4.79 Å². The number of thiazole rings is 1. The largest absolute Gasteiger partial charge is 0.309 e. The highest BCUT2D eigenvalue weighted by Gasteiger charge is 2.13. The van der Waals surface area contributed by atoms with Gasteiger partial charge in [-0.05, 0) is 26.0 Å². The summed E-state index contributed by atoms with van der Waals surface area (Å²) in [5.41, 5.74) is 1.66. The smallest absolute Gasteiger partial charge is 0.258 e. The average Bonchev–Trinajstić information content (AvgIpc) is 2.84. The lowest BCUT2D eigenvalue weighted by Crippen LogP contribution is -2.12. The molecular weight excluding hydrogens is 290 g/mol. The van der Waals surface area contributed by atoms with Crippen LogP contribution >= 0.6 is 23.1 Å². The zero-order valence-electron chi connectivity index (χ0n) is 11.1. The minimum Gasteiger partial charge on any atom is -0.309 e. The molecule has 0 saturated heterocycles. The zero-order chi connectivity index (χ0) is 14.1. The molecule has 0 spiro atoms. The predicted molar refractivity (Wildman–Crippen MR) is 83.5 cm³/mol. The predicted octanol–water partition coefficient (Wildman–Crippen LogP) is 3.54. The lowest BCUT2D eigenvalue weighted by Gasteiger charge is -2.09. The summed E-state index contributed by atoms with van der Waals surface area (Å²) in [5.74, 6) is 0.687. The molecule has 1 aromatic carbocycles. The molecule has 0 radical (unpaired) electrons. The van der Waals surface area contributed by atoms with Crippen molar-refractivity contribution in [3.8, 4) is 0 Å². The van der Waals surface area contributed by atoms with Crippen molar-refractivity contribution >= 4 is 34.0 Å². The number of thioether (sulfide) groups is 1. The monoisotopic (exact) mass is 303 g/mol. The Balaban J connectivity index is 1.95. The van der Waals surface area contributed by atoms with Crippen LogP contribution < -0.4 is 5.56 Å². The summed E-state index contributed by atoms with van der Waals surface area (Å²) in [4.78, 5) is 23.9. The Morgan fingerprint density at radius 2 is 2.10 bits per heavy atom. The van der Waals surface area contributed by atoms with Gasteiger partial charge in [-0.1, -0.05) is 23.9 Å². The van der Waals surface area contributed by atoms with Crippen molar-refractivity contribution in [2.75, 3.05) is 0 Å². The maximum absolute atomic E-state index is 12.0. The van der Waals surface area contributed by atoms with E-state index >= 15 is 0 Å². The topological polar surface area (TPSA) is 58.6 Å². The SMILES string of the molecule is Cc1csc(S[C@@H](C)c2nc3ccccc3c(=O)[nH]2)n1. The number of fused-ring (bicyclic) bond motifs is 1. The van der Waals surface area contributed by atoms with E-state index in [1.807, 2.05) is 37.4 Å². The molecule has 0 fully saturated rings. The summed E-state index contributed by atoms with van der Waals surface area (Å²) in [6, 6.07) is 7.38. The lowest BCUT2D eigenvalue weighted by atomic mass is 10.2. The van der Waals surface area contributed by atoms with Crippen molar-refractivity contribution in [2.45, 2.75) is 23.4 Å². The Bertz CT molecular complexity index is 809. The number of hydrogen-bond donors (Lipinski definition) is 1. The van der Waals surface area contributed by atoms with E-state index in [-0.39, 0.29) is 10.8 Å². The number of nitrogens with zero attached hydrogens (tertiary/aromatic N) is 2. The fourth-order valence-electron chi connectivity index (χ4n) is 1.89. The number of aryl methyl sites for hydroxylation is 1. The molecule has 20 heavy (non-hydrogen) atoms. The van der Waals surface area contributed by atoms with Gasteiger partial charge in [-0.3, -0.25) is 4.79 Å². The summed E-state index contributed by atoms with van der Waals surface area (Å²) >= 11 is 3.22. The Hall–Kier alpha value is -1.66. The van der Waals surface area contributed by atoms with Crippen LogP contribution in [0.1, 0.15) is 23.7 Å². The molecule has 0 amide bonds. The van der Waals surface area contributed by atoms with Gasteiger partial charge < -0.3 is 4.98 Å². The van der Waals surface area contributed by atoms with Gasteiger partial charge in [0.05, 0.1) is 16.2 Å². The average molecular weight is 303 g/mol. The molecule has 1 N–H and O–H groups in total. The zero-order valence-corrected chi connectivity index (χ0v) is 12.7. The van der Waals surface area contributed by atoms with E-state index in [2.05, 4.69) is 15.0 Å². The molecule has 102 valence electrons. The Morgan fingerprint density at radius 3 is 2.85 bits per heavy atom. The maximum atomic E-state index is 12.0. The lowest BCUT2D eigenvalue weighted by molar-refractivity contribution is 0.921. The highest BCUT2D eigenvalue weighted by molar-refractivity contribution is 8.01. The Morgan fingerprint density at radius 1 is 1.30 bits per heavy atom. The van der Waals surface area contributed by atoms with Crippen molar-refractivity contribution in [1.29, 1.82) is 0 Å². The first-order chi connectivity index (χ1) is 9.63. The van der Waals surface area contributed by atoms with Crippen LogP contribution in [0, 0.1) is 6.92 Å². The van der Waals surface area contributed by atoms with Gasteiger partial charge in [0.15, 0.2) is 4.34 Å². The van der Waals surface area contributed by atoms with Crippen LogP contribution in [-0.4, -0.2) is 15.0 Å². The van der Waals surface area contributed by atoms with E-state index in [1.54, 1.807) is 29.2 Å². The van der Waals surface area contributed by atoms with Crippen LogP contribution in [0.5, 0.6) is 0 Å². The van der Waals surface area contributed by atoms with Crippen LogP contribution in [-0.2, 0) is 0 Å². The Labute approximate surface area is 124 Å². The van der Waals surface area contributed by atoms with E-state index in [4.69, 9.17) is 0 Å². The molecule has 0 aliphatic heterocycles. The molecule has 1 atom stereocenters. The quantitative estimate of drug-likeness (QED) is 0.752. The van der Waals surface area contributed by atoms with E-state index in [1.165, 1.54) is 0 Å². The third-order valence-electron chi connectivity index (χ3n) is 2.89. The number of nitrogens with one attached hydrogen (secondary N) is 1. The Kier molecular flexibility index (Phi) is 3.58. The van der Waals surface area contributed by atoms with Crippen molar-refractivity contribution in [3.05, 3.63) is 51.5 Å². The molecule has 0 aliphatic carbocycles. The normalized spacial score (nSPS) is 12.7. The van der Waals surface area contributed by atoms with Crippen molar-refractivity contribution < 1.29 is 0 Å². The molecule has 2 aromatic heterocycles. The molecule has 0 unspecified atom stereocenters. The number of benzene rings is 1. The molecule has 0 aliphatic rings. The van der Waals surface area contributed by atoms with Crippen molar-refractivity contribution in [2.24, 2.45) is 0 Å². The van der Waals surface area contributed by atoms with Crippen LogP contribution in [0.3, 0.4) is 0 Å². The fourth-order valence-corrected chi connectivity index (χ4v) is 3.93. The van der Waals surface area contributed by atoms with Crippen LogP contribution in [0.15, 0.2) is 38.8 Å². The third kappa shape index (κ3) is 2.62. The first-order valence-electron chi connectivity index (χ1n) is 6.21. The second kappa shape index (κ2) is 5.38. The summed E-state index contributed by atoms with van der Waals surface area (Å²) in [6.45, 7) is 4.00. The number of para-hydroxylation sites is 1. The molecule has 0 bridgehead atoms. The van der Waals surface area contributed by atoms with Crippen molar-refractivity contribution in [1.82, 2.24) is 15.0 Å². The molecule has 3 aromatic rings. The summed E-state index contributed by atoms with van der Waals surface area (Å²) in [5, 5.41) is 2.70. The molecule has 6 heteroatoms. The van der Waals surface area contributed by atoms with Gasteiger partial charge in [0.25, 0.3) is 5.56 Å². The number of rotatable bonds is 3. The molecule has 2 heterocycles. The van der Waals surface area contributed by atoms with E-state index in [0.29, 0.717) is 11.2 Å². The van der Waals surface area contributed by atoms with Crippen LogP contribution in [0.4, 0.5) is 0 Å². The molecular formula is C14H13N3OS2. The first-order valence-corrected chi connectivity index (χ1v) is 7.97. The number of hydrogen-bond acceptors (Lipinski definition) is 5. The van der Waals surface area contributed by atoms with Gasteiger partial charge in [-0.15, -0.1) is 11.3 Å². The maximum Gasteiger partial charge on any atom is 0.258 e. The first kappa shape index (κ1) is 13.3. The van der Waals surface area contributed by atoms with E-state index < -0.39 is 0 Å². The second-order valence-electron chi connectivity index (χ2n) is 4.48. The fraction of sp³-hybridized carbons (Fsp3) is 0.214. The molecule has 4 nitrogen and oxygen atoms in total.